The monoisotopic (exact) mass is 480 g/mol. The summed E-state index contributed by atoms with van der Waals surface area (Å²) in [4.78, 5) is 19.4. The average molecular weight is 481 g/mol. The lowest BCUT2D eigenvalue weighted by Gasteiger charge is -2.16. The van der Waals surface area contributed by atoms with Crippen molar-refractivity contribution in [3.63, 3.8) is 0 Å². The van der Waals surface area contributed by atoms with E-state index >= 15 is 0 Å². The fourth-order valence-electron chi connectivity index (χ4n) is 3.27. The molecule has 0 radical (unpaired) electrons. The van der Waals surface area contributed by atoms with Crippen LogP contribution in [0.5, 0.6) is 0 Å². The lowest BCUT2D eigenvalue weighted by atomic mass is 10.1. The number of amides is 1. The van der Waals surface area contributed by atoms with Gasteiger partial charge in [-0.3, -0.25) is 9.79 Å². The van der Waals surface area contributed by atoms with Gasteiger partial charge in [0.15, 0.2) is 6.19 Å². The molecule has 180 valence electrons. The minimum atomic E-state index is 0.00606. The Kier molecular flexibility index (Phi) is 11.7. The van der Waals surface area contributed by atoms with E-state index in [0.717, 1.165) is 42.9 Å². The van der Waals surface area contributed by atoms with Gasteiger partial charge in [0.05, 0.1) is 5.69 Å². The van der Waals surface area contributed by atoms with E-state index in [1.165, 1.54) is 17.5 Å². The fraction of sp³-hybridized carbons (Fsp3) is 0.346. The second kappa shape index (κ2) is 14.7. The Balaban J connectivity index is 1.60. The van der Waals surface area contributed by atoms with Crippen molar-refractivity contribution in [3.05, 3.63) is 70.8 Å². The van der Waals surface area contributed by atoms with E-state index in [2.05, 4.69) is 34.4 Å². The molecule has 1 amide bonds. The van der Waals surface area contributed by atoms with Crippen molar-refractivity contribution in [2.75, 3.05) is 38.6 Å². The van der Waals surface area contributed by atoms with Crippen LogP contribution in [-0.2, 0) is 11.2 Å². The van der Waals surface area contributed by atoms with Crippen LogP contribution in [-0.4, -0.2) is 50.5 Å². The highest BCUT2D eigenvalue weighted by atomic mass is 35.5. The first-order chi connectivity index (χ1) is 16.4. The molecule has 0 aliphatic rings. The van der Waals surface area contributed by atoms with Crippen LogP contribution in [0.15, 0.2) is 59.6 Å². The topological polar surface area (TPSA) is 97.7 Å². The number of carbonyl (C=O) groups excluding carboxylic acids is 1. The molecule has 2 aromatic rings. The van der Waals surface area contributed by atoms with Crippen LogP contribution >= 0.6 is 11.6 Å². The maximum absolute atomic E-state index is 12.1. The largest absolute Gasteiger partial charge is 0.369 e. The number of anilines is 1. The molecule has 7 nitrogen and oxygen atoms in total. The number of aliphatic imine (C=N–C) groups is 1. The van der Waals surface area contributed by atoms with Gasteiger partial charge in [-0.05, 0) is 68.2 Å². The van der Waals surface area contributed by atoms with Gasteiger partial charge in [-0.1, -0.05) is 48.0 Å². The highest BCUT2D eigenvalue weighted by Gasteiger charge is 2.08. The molecule has 0 aliphatic heterocycles. The van der Waals surface area contributed by atoms with Gasteiger partial charge in [0, 0.05) is 31.6 Å². The third-order valence-corrected chi connectivity index (χ3v) is 5.56. The summed E-state index contributed by atoms with van der Waals surface area (Å²) < 4.78 is 0. The van der Waals surface area contributed by atoms with Crippen LogP contribution < -0.4 is 16.0 Å². The van der Waals surface area contributed by atoms with Gasteiger partial charge in [0.25, 0.3) is 0 Å². The lowest BCUT2D eigenvalue weighted by molar-refractivity contribution is -0.120. The van der Waals surface area contributed by atoms with Crippen molar-refractivity contribution in [1.82, 2.24) is 10.2 Å². The standard InChI is InChI=1S/C26H33ClN6O/c1-30-26(29)33(20-28)24-14-10-21(11-15-24)6-5-7-25(34)31-17-3-4-18-32(2)19-16-22-8-12-23(27)13-9-22/h5-6,8-15H,3-4,7,16-19H2,1-2H3,(H2,29,30)(H,31,34)/b6-5+. The molecule has 2 aromatic carbocycles. The van der Waals surface area contributed by atoms with Gasteiger partial charge in [0.1, 0.15) is 0 Å². The molecular formula is C26H33ClN6O. The highest BCUT2D eigenvalue weighted by molar-refractivity contribution is 6.30. The van der Waals surface area contributed by atoms with E-state index in [0.29, 0.717) is 18.7 Å². The molecule has 0 fully saturated rings. The number of guanidine groups is 1. The van der Waals surface area contributed by atoms with Crippen LogP contribution in [0, 0.1) is 11.5 Å². The Hall–Kier alpha value is -3.34. The zero-order valence-electron chi connectivity index (χ0n) is 19.9. The number of nitriles is 1. The fourth-order valence-corrected chi connectivity index (χ4v) is 3.39. The smallest absolute Gasteiger partial charge is 0.223 e. The van der Waals surface area contributed by atoms with Crippen LogP contribution in [0.25, 0.3) is 6.08 Å². The minimum absolute atomic E-state index is 0.00606. The van der Waals surface area contributed by atoms with Crippen molar-refractivity contribution in [2.24, 2.45) is 10.7 Å². The number of nitrogens with zero attached hydrogens (tertiary/aromatic N) is 4. The van der Waals surface area contributed by atoms with Gasteiger partial charge in [-0.25, -0.2) is 4.90 Å². The molecule has 0 aliphatic carbocycles. The molecule has 0 unspecified atom stereocenters. The summed E-state index contributed by atoms with van der Waals surface area (Å²) in [5.41, 5.74) is 8.57. The second-order valence-electron chi connectivity index (χ2n) is 7.95. The van der Waals surface area contributed by atoms with Crippen LogP contribution in [0.4, 0.5) is 5.69 Å². The first kappa shape index (κ1) is 26.9. The Labute approximate surface area is 207 Å². The Bertz CT molecular complexity index is 995. The van der Waals surface area contributed by atoms with Crippen molar-refractivity contribution in [3.8, 4) is 6.19 Å². The molecule has 0 bridgehead atoms. The summed E-state index contributed by atoms with van der Waals surface area (Å²) in [6, 6.07) is 15.3. The van der Waals surface area contributed by atoms with Gasteiger partial charge in [0.2, 0.25) is 11.9 Å². The van der Waals surface area contributed by atoms with E-state index in [1.54, 1.807) is 12.1 Å². The van der Waals surface area contributed by atoms with E-state index in [-0.39, 0.29) is 11.9 Å². The number of hydrogen-bond acceptors (Lipinski definition) is 4. The first-order valence-electron chi connectivity index (χ1n) is 11.3. The van der Waals surface area contributed by atoms with Gasteiger partial charge < -0.3 is 16.0 Å². The molecule has 8 heteroatoms. The number of hydrogen-bond donors (Lipinski definition) is 2. The van der Waals surface area contributed by atoms with Crippen LogP contribution in [0.2, 0.25) is 5.02 Å². The molecule has 0 aromatic heterocycles. The van der Waals surface area contributed by atoms with Crippen molar-refractivity contribution >= 4 is 35.2 Å². The number of unbranched alkanes of at least 4 members (excludes halogenated alkanes) is 1. The zero-order chi connectivity index (χ0) is 24.8. The third-order valence-electron chi connectivity index (χ3n) is 5.31. The Morgan fingerprint density at radius 2 is 1.85 bits per heavy atom. The first-order valence-corrected chi connectivity index (χ1v) is 11.7. The molecule has 0 spiro atoms. The molecule has 34 heavy (non-hydrogen) atoms. The van der Waals surface area contributed by atoms with Crippen LogP contribution in [0.3, 0.4) is 0 Å². The van der Waals surface area contributed by atoms with Gasteiger partial charge in [-0.15, -0.1) is 0 Å². The average Bonchev–Trinajstić information content (AvgIpc) is 2.84. The number of benzene rings is 2. The third kappa shape index (κ3) is 9.65. The van der Waals surface area contributed by atoms with E-state index < -0.39 is 0 Å². The quantitative estimate of drug-likeness (QED) is 0.157. The van der Waals surface area contributed by atoms with E-state index in [4.69, 9.17) is 17.3 Å². The predicted octanol–water partition coefficient (Wildman–Crippen LogP) is 4.05. The molecular weight excluding hydrogens is 448 g/mol. The zero-order valence-corrected chi connectivity index (χ0v) is 20.6. The van der Waals surface area contributed by atoms with E-state index in [1.807, 2.05) is 42.6 Å². The van der Waals surface area contributed by atoms with Crippen molar-refractivity contribution in [1.29, 1.82) is 5.26 Å². The molecule has 3 N–H and O–H groups in total. The molecule has 0 heterocycles. The SMILES string of the molecule is CN=C(N)N(C#N)c1ccc(/C=C/CC(=O)NCCCCN(C)CCc2ccc(Cl)cc2)cc1. The number of rotatable bonds is 12. The molecule has 0 atom stereocenters. The van der Waals surface area contributed by atoms with Crippen molar-refractivity contribution < 1.29 is 4.79 Å². The maximum Gasteiger partial charge on any atom is 0.223 e. The Morgan fingerprint density at radius 3 is 2.50 bits per heavy atom. The molecule has 0 saturated heterocycles. The normalized spacial score (nSPS) is 11.6. The maximum atomic E-state index is 12.1. The molecule has 0 saturated carbocycles. The number of likely N-dealkylation sites (N-methyl/N-ethyl adjacent to an activating group) is 1. The summed E-state index contributed by atoms with van der Waals surface area (Å²) in [5, 5.41) is 12.9. The number of nitrogens with two attached hydrogens (primary N) is 1. The van der Waals surface area contributed by atoms with Crippen molar-refractivity contribution in [2.45, 2.75) is 25.7 Å². The lowest BCUT2D eigenvalue weighted by Crippen LogP contribution is -2.33. The molecule has 2 rings (SSSR count). The summed E-state index contributed by atoms with van der Waals surface area (Å²) >= 11 is 5.92. The minimum Gasteiger partial charge on any atom is -0.369 e. The second-order valence-corrected chi connectivity index (χ2v) is 8.39. The Morgan fingerprint density at radius 1 is 1.15 bits per heavy atom. The number of nitrogens with one attached hydrogen (secondary N) is 1. The van der Waals surface area contributed by atoms with Gasteiger partial charge >= 0.3 is 0 Å². The summed E-state index contributed by atoms with van der Waals surface area (Å²) in [6.07, 6.45) is 9.01. The van der Waals surface area contributed by atoms with Gasteiger partial charge in [-0.2, -0.15) is 5.26 Å². The summed E-state index contributed by atoms with van der Waals surface area (Å²) in [7, 11) is 3.65. The predicted molar refractivity (Wildman–Crippen MR) is 141 cm³/mol. The summed E-state index contributed by atoms with van der Waals surface area (Å²) in [5.74, 6) is 0.138. The summed E-state index contributed by atoms with van der Waals surface area (Å²) in [6.45, 7) is 2.67. The highest BCUT2D eigenvalue weighted by Crippen LogP contribution is 2.15. The van der Waals surface area contributed by atoms with Crippen LogP contribution in [0.1, 0.15) is 30.4 Å². The number of halogens is 1. The number of carbonyl (C=O) groups is 1. The van der Waals surface area contributed by atoms with E-state index in [9.17, 15) is 10.1 Å².